The smallest absolute Gasteiger partial charge is 0.272 e. The van der Waals surface area contributed by atoms with E-state index in [2.05, 4.69) is 15.7 Å². The quantitative estimate of drug-likeness (QED) is 0.744. The van der Waals surface area contributed by atoms with Gasteiger partial charge in [0, 0.05) is 25.7 Å². The SMILES string of the molecule is CN1C(=O)c2cc(C(=O)NC3CCCCC3)nn2C[C@@]1(C)C(=O)NCc1ccc(F)cc1. The number of amides is 3. The number of nitrogens with one attached hydrogen (secondary N) is 2. The minimum Gasteiger partial charge on any atom is -0.350 e. The first kappa shape index (κ1) is 22.0. The fourth-order valence-electron chi connectivity index (χ4n) is 4.32. The van der Waals surface area contributed by atoms with Gasteiger partial charge >= 0.3 is 0 Å². The summed E-state index contributed by atoms with van der Waals surface area (Å²) in [6, 6.07) is 7.47. The molecule has 1 saturated carbocycles. The van der Waals surface area contributed by atoms with Gasteiger partial charge in [-0.05, 0) is 37.5 Å². The number of fused-ring (bicyclic) bond motifs is 1. The van der Waals surface area contributed by atoms with Crippen molar-refractivity contribution in [3.63, 3.8) is 0 Å². The number of benzene rings is 1. The number of nitrogens with zero attached hydrogens (tertiary/aromatic N) is 3. The molecule has 3 amide bonds. The second-order valence-corrected chi connectivity index (χ2v) is 8.83. The molecule has 0 unspecified atom stereocenters. The molecule has 4 rings (SSSR count). The predicted molar refractivity (Wildman–Crippen MR) is 115 cm³/mol. The number of aromatic nitrogens is 2. The van der Waals surface area contributed by atoms with Crippen LogP contribution in [0.15, 0.2) is 30.3 Å². The van der Waals surface area contributed by atoms with Gasteiger partial charge in [-0.15, -0.1) is 0 Å². The molecule has 1 fully saturated rings. The maximum absolute atomic E-state index is 13.1. The molecule has 170 valence electrons. The molecule has 9 heteroatoms. The van der Waals surface area contributed by atoms with Crippen LogP contribution in [0.2, 0.25) is 0 Å². The number of hydrogen-bond donors (Lipinski definition) is 2. The maximum atomic E-state index is 13.1. The van der Waals surface area contributed by atoms with E-state index in [0.717, 1.165) is 31.2 Å². The summed E-state index contributed by atoms with van der Waals surface area (Å²) in [4.78, 5) is 40.1. The van der Waals surface area contributed by atoms with Gasteiger partial charge in [-0.1, -0.05) is 31.4 Å². The van der Waals surface area contributed by atoms with E-state index in [0.29, 0.717) is 0 Å². The molecule has 2 aliphatic rings. The molecule has 0 spiro atoms. The van der Waals surface area contributed by atoms with Crippen molar-refractivity contribution in [2.75, 3.05) is 7.05 Å². The van der Waals surface area contributed by atoms with Crippen molar-refractivity contribution >= 4 is 17.7 Å². The van der Waals surface area contributed by atoms with E-state index in [1.807, 2.05) is 0 Å². The molecular weight excluding hydrogens is 413 g/mol. The molecule has 1 aromatic carbocycles. The van der Waals surface area contributed by atoms with Crippen LogP contribution in [0.25, 0.3) is 0 Å². The highest BCUT2D eigenvalue weighted by atomic mass is 19.1. The Balaban J connectivity index is 1.47. The van der Waals surface area contributed by atoms with Crippen LogP contribution in [0.3, 0.4) is 0 Å². The molecule has 2 heterocycles. The highest BCUT2D eigenvalue weighted by Crippen LogP contribution is 2.26. The van der Waals surface area contributed by atoms with E-state index in [1.54, 1.807) is 26.1 Å². The van der Waals surface area contributed by atoms with Crippen molar-refractivity contribution in [3.8, 4) is 0 Å². The molecule has 2 aromatic rings. The molecule has 8 nitrogen and oxygen atoms in total. The minimum absolute atomic E-state index is 0.122. The number of rotatable bonds is 5. The minimum atomic E-state index is -1.19. The van der Waals surface area contributed by atoms with E-state index in [1.165, 1.54) is 34.2 Å². The lowest BCUT2D eigenvalue weighted by molar-refractivity contribution is -0.132. The number of carbonyl (C=O) groups excluding carboxylic acids is 3. The van der Waals surface area contributed by atoms with Gasteiger partial charge in [0.25, 0.3) is 11.8 Å². The van der Waals surface area contributed by atoms with E-state index in [9.17, 15) is 18.8 Å². The van der Waals surface area contributed by atoms with Gasteiger partial charge in [0.05, 0.1) is 6.54 Å². The third kappa shape index (κ3) is 4.24. The summed E-state index contributed by atoms with van der Waals surface area (Å²) in [7, 11) is 1.57. The Morgan fingerprint density at radius 2 is 1.88 bits per heavy atom. The standard InChI is InChI=1S/C23H28FN5O3/c1-23(22(32)25-13-15-8-10-16(24)11-9-15)14-29-19(21(31)28(23)2)12-18(27-29)20(30)26-17-6-4-3-5-7-17/h8-12,17H,3-7,13-14H2,1-2H3,(H,25,32)(H,26,30)/t23-/m0/s1. The molecule has 1 aliphatic carbocycles. The van der Waals surface area contributed by atoms with E-state index >= 15 is 0 Å². The highest BCUT2D eigenvalue weighted by Gasteiger charge is 2.46. The molecule has 32 heavy (non-hydrogen) atoms. The van der Waals surface area contributed by atoms with Crippen LogP contribution in [0.1, 0.15) is 65.6 Å². The van der Waals surface area contributed by atoms with E-state index in [-0.39, 0.29) is 54.1 Å². The molecule has 1 aliphatic heterocycles. The van der Waals surface area contributed by atoms with Crippen LogP contribution in [-0.2, 0) is 17.9 Å². The van der Waals surface area contributed by atoms with Gasteiger partial charge in [-0.3, -0.25) is 19.1 Å². The number of likely N-dealkylation sites (N-methyl/N-ethyl adjacent to an activating group) is 1. The molecule has 2 N–H and O–H groups in total. The Kier molecular flexibility index (Phi) is 5.99. The largest absolute Gasteiger partial charge is 0.350 e. The monoisotopic (exact) mass is 441 g/mol. The van der Waals surface area contributed by atoms with Crippen molar-refractivity contribution in [2.24, 2.45) is 0 Å². The second kappa shape index (κ2) is 8.72. The lowest BCUT2D eigenvalue weighted by atomic mass is 9.95. The third-order valence-electron chi connectivity index (χ3n) is 6.53. The van der Waals surface area contributed by atoms with Crippen molar-refractivity contribution < 1.29 is 18.8 Å². The van der Waals surface area contributed by atoms with Gasteiger partial charge in [0.1, 0.15) is 17.1 Å². The van der Waals surface area contributed by atoms with Crippen molar-refractivity contribution in [3.05, 3.63) is 53.1 Å². The summed E-state index contributed by atoms with van der Waals surface area (Å²) in [6.45, 7) is 1.99. The van der Waals surface area contributed by atoms with Gasteiger partial charge in [0.15, 0.2) is 5.69 Å². The first-order chi connectivity index (χ1) is 15.3. The van der Waals surface area contributed by atoms with Gasteiger partial charge in [0.2, 0.25) is 5.91 Å². The first-order valence-corrected chi connectivity index (χ1v) is 11.0. The summed E-state index contributed by atoms with van der Waals surface area (Å²) >= 11 is 0. The maximum Gasteiger partial charge on any atom is 0.272 e. The summed E-state index contributed by atoms with van der Waals surface area (Å²) in [6.07, 6.45) is 5.28. The number of hydrogen-bond acceptors (Lipinski definition) is 4. The fourth-order valence-corrected chi connectivity index (χ4v) is 4.32. The summed E-state index contributed by atoms with van der Waals surface area (Å²) < 4.78 is 14.5. The zero-order valence-electron chi connectivity index (χ0n) is 18.4. The fraction of sp³-hybridized carbons (Fsp3) is 0.478. The van der Waals surface area contributed by atoms with E-state index in [4.69, 9.17) is 0 Å². The first-order valence-electron chi connectivity index (χ1n) is 11.0. The van der Waals surface area contributed by atoms with Gasteiger partial charge in [-0.2, -0.15) is 5.10 Å². The van der Waals surface area contributed by atoms with Gasteiger partial charge in [-0.25, -0.2) is 4.39 Å². The highest BCUT2D eigenvalue weighted by molar-refractivity contribution is 6.01. The summed E-state index contributed by atoms with van der Waals surface area (Å²) in [5, 5.41) is 10.2. The Morgan fingerprint density at radius 1 is 1.19 bits per heavy atom. The Bertz CT molecular complexity index is 1030. The Labute approximate surface area is 186 Å². The molecule has 0 radical (unpaired) electrons. The van der Waals surface area contributed by atoms with Crippen LogP contribution in [-0.4, -0.2) is 51.0 Å². The van der Waals surface area contributed by atoms with Gasteiger partial charge < -0.3 is 15.5 Å². The molecule has 1 aromatic heterocycles. The average molecular weight is 442 g/mol. The van der Waals surface area contributed by atoms with Crippen molar-refractivity contribution in [1.29, 1.82) is 0 Å². The summed E-state index contributed by atoms with van der Waals surface area (Å²) in [5.41, 5.74) is 0.0238. The lowest BCUT2D eigenvalue weighted by Crippen LogP contribution is -2.62. The number of carbonyl (C=O) groups is 3. The number of halogens is 1. The van der Waals surface area contributed by atoms with Crippen LogP contribution < -0.4 is 10.6 Å². The lowest BCUT2D eigenvalue weighted by Gasteiger charge is -2.40. The molecular formula is C23H28FN5O3. The molecule has 1 atom stereocenters. The zero-order valence-corrected chi connectivity index (χ0v) is 18.4. The van der Waals surface area contributed by atoms with Crippen LogP contribution in [0, 0.1) is 5.82 Å². The Morgan fingerprint density at radius 3 is 2.56 bits per heavy atom. The van der Waals surface area contributed by atoms with Crippen LogP contribution >= 0.6 is 0 Å². The average Bonchev–Trinajstić information content (AvgIpc) is 3.21. The van der Waals surface area contributed by atoms with Crippen molar-refractivity contribution in [2.45, 2.75) is 63.7 Å². The van der Waals surface area contributed by atoms with Crippen molar-refractivity contribution in [1.82, 2.24) is 25.3 Å². The second-order valence-electron chi connectivity index (χ2n) is 8.83. The molecule has 0 bridgehead atoms. The predicted octanol–water partition coefficient (Wildman–Crippen LogP) is 2.25. The topological polar surface area (TPSA) is 96.3 Å². The zero-order chi connectivity index (χ0) is 22.9. The summed E-state index contributed by atoms with van der Waals surface area (Å²) in [5.74, 6) is -1.37. The van der Waals surface area contributed by atoms with Crippen LogP contribution in [0.4, 0.5) is 4.39 Å². The Hall–Kier alpha value is -3.23. The molecule has 0 saturated heterocycles. The normalized spacial score (nSPS) is 21.2. The van der Waals surface area contributed by atoms with Crippen LogP contribution in [0.5, 0.6) is 0 Å². The third-order valence-corrected chi connectivity index (χ3v) is 6.53. The van der Waals surface area contributed by atoms with E-state index < -0.39 is 5.54 Å².